The number of nitrogens with one attached hydrogen (secondary N) is 1. The standard InChI is InChI=1S/C34H35N3O5/c1-36(16-17-37-18-20-41-21-19-37)28-13-15-32(42-24-25-8-4-2-5-9-25)30(23-28)33(38)35-31-22-27(12-14-29(31)34(39)40)26-10-6-3-7-11-26/h2-15,22-23H,16-21,24H2,1H3,(H,35,38)(H,39,40). The fourth-order valence-corrected chi connectivity index (χ4v) is 4.87. The average Bonchev–Trinajstić information content (AvgIpc) is 3.03. The van der Waals surface area contributed by atoms with Gasteiger partial charge in [0, 0.05) is 38.9 Å². The van der Waals surface area contributed by atoms with Gasteiger partial charge in [0.1, 0.15) is 12.4 Å². The summed E-state index contributed by atoms with van der Waals surface area (Å²) in [5.74, 6) is -1.16. The molecule has 8 nitrogen and oxygen atoms in total. The van der Waals surface area contributed by atoms with Gasteiger partial charge in [0.15, 0.2) is 0 Å². The van der Waals surface area contributed by atoms with Crippen LogP contribution in [0.2, 0.25) is 0 Å². The highest BCUT2D eigenvalue weighted by Gasteiger charge is 2.20. The van der Waals surface area contributed by atoms with E-state index in [0.29, 0.717) is 11.3 Å². The molecule has 0 atom stereocenters. The molecular weight excluding hydrogens is 530 g/mol. The minimum Gasteiger partial charge on any atom is -0.488 e. The van der Waals surface area contributed by atoms with Crippen LogP contribution in [0.15, 0.2) is 97.1 Å². The Kier molecular flexibility index (Phi) is 9.48. The molecule has 4 aromatic rings. The molecule has 4 aromatic carbocycles. The number of morpholine rings is 1. The van der Waals surface area contributed by atoms with Crippen molar-refractivity contribution in [3.63, 3.8) is 0 Å². The van der Waals surface area contributed by atoms with E-state index in [1.807, 2.05) is 73.8 Å². The zero-order valence-corrected chi connectivity index (χ0v) is 23.7. The SMILES string of the molecule is CN(CCN1CCOCC1)c1ccc(OCc2ccccc2)c(C(=O)Nc2cc(-c3ccccc3)ccc2C(=O)O)c1. The number of carbonyl (C=O) groups excluding carboxylic acids is 1. The summed E-state index contributed by atoms with van der Waals surface area (Å²) in [6.45, 7) is 5.23. The van der Waals surface area contributed by atoms with Crippen molar-refractivity contribution in [2.45, 2.75) is 6.61 Å². The van der Waals surface area contributed by atoms with Crippen LogP contribution in [0.3, 0.4) is 0 Å². The molecule has 1 heterocycles. The van der Waals surface area contributed by atoms with Crippen molar-refractivity contribution in [2.24, 2.45) is 0 Å². The lowest BCUT2D eigenvalue weighted by atomic mass is 10.0. The lowest BCUT2D eigenvalue weighted by Crippen LogP contribution is -2.40. The monoisotopic (exact) mass is 565 g/mol. The van der Waals surface area contributed by atoms with Crippen LogP contribution in [-0.4, -0.2) is 68.3 Å². The van der Waals surface area contributed by atoms with Crippen LogP contribution in [-0.2, 0) is 11.3 Å². The van der Waals surface area contributed by atoms with Gasteiger partial charge in [-0.05, 0) is 47.0 Å². The Morgan fingerprint density at radius 3 is 2.31 bits per heavy atom. The summed E-state index contributed by atoms with van der Waals surface area (Å²) in [6.07, 6.45) is 0. The van der Waals surface area contributed by atoms with Gasteiger partial charge >= 0.3 is 5.97 Å². The maximum atomic E-state index is 13.8. The Labute approximate surface area is 246 Å². The molecule has 2 N–H and O–H groups in total. The lowest BCUT2D eigenvalue weighted by molar-refractivity contribution is 0.0393. The van der Waals surface area contributed by atoms with E-state index in [9.17, 15) is 14.7 Å². The Morgan fingerprint density at radius 2 is 1.60 bits per heavy atom. The molecule has 1 amide bonds. The van der Waals surface area contributed by atoms with E-state index in [0.717, 1.165) is 61.8 Å². The van der Waals surface area contributed by atoms with E-state index in [1.54, 1.807) is 24.3 Å². The first-order valence-electron chi connectivity index (χ1n) is 14.0. The van der Waals surface area contributed by atoms with Crippen molar-refractivity contribution in [3.8, 4) is 16.9 Å². The number of hydrogen-bond acceptors (Lipinski definition) is 6. The number of carboxylic acid groups (broad SMARTS) is 1. The number of hydrogen-bond donors (Lipinski definition) is 2. The smallest absolute Gasteiger partial charge is 0.337 e. The zero-order chi connectivity index (χ0) is 29.3. The first kappa shape index (κ1) is 28.9. The average molecular weight is 566 g/mol. The molecule has 216 valence electrons. The molecule has 8 heteroatoms. The number of anilines is 2. The van der Waals surface area contributed by atoms with Crippen molar-refractivity contribution < 1.29 is 24.2 Å². The molecule has 0 bridgehead atoms. The van der Waals surface area contributed by atoms with E-state index in [4.69, 9.17) is 9.47 Å². The van der Waals surface area contributed by atoms with E-state index >= 15 is 0 Å². The van der Waals surface area contributed by atoms with Crippen LogP contribution in [0.5, 0.6) is 5.75 Å². The molecular formula is C34H35N3O5. The fraction of sp³-hybridized carbons (Fsp3) is 0.235. The number of aromatic carboxylic acids is 1. The summed E-state index contributed by atoms with van der Waals surface area (Å²) in [6, 6.07) is 29.8. The molecule has 1 aliphatic rings. The Balaban J connectivity index is 1.42. The first-order chi connectivity index (χ1) is 20.5. The third kappa shape index (κ3) is 7.34. The van der Waals surface area contributed by atoms with Crippen LogP contribution in [0, 0.1) is 0 Å². The van der Waals surface area contributed by atoms with Crippen LogP contribution >= 0.6 is 0 Å². The zero-order valence-electron chi connectivity index (χ0n) is 23.7. The van der Waals surface area contributed by atoms with Gasteiger partial charge in [0.05, 0.1) is 30.0 Å². The van der Waals surface area contributed by atoms with Gasteiger partial charge in [-0.25, -0.2) is 4.79 Å². The molecule has 0 aliphatic carbocycles. The van der Waals surface area contributed by atoms with E-state index in [1.165, 1.54) is 6.07 Å². The molecule has 42 heavy (non-hydrogen) atoms. The second kappa shape index (κ2) is 13.8. The molecule has 0 saturated carbocycles. The number of rotatable bonds is 11. The predicted molar refractivity (Wildman–Crippen MR) is 165 cm³/mol. The van der Waals surface area contributed by atoms with Crippen LogP contribution in [0.1, 0.15) is 26.3 Å². The Hall–Kier alpha value is -4.66. The topological polar surface area (TPSA) is 91.3 Å². The van der Waals surface area contributed by atoms with Crippen molar-refractivity contribution in [3.05, 3.63) is 114 Å². The van der Waals surface area contributed by atoms with Gasteiger partial charge in [-0.2, -0.15) is 0 Å². The second-order valence-electron chi connectivity index (χ2n) is 10.2. The van der Waals surface area contributed by atoms with Crippen LogP contribution < -0.4 is 15.0 Å². The van der Waals surface area contributed by atoms with Gasteiger partial charge in [0.25, 0.3) is 5.91 Å². The van der Waals surface area contributed by atoms with Gasteiger partial charge in [0.2, 0.25) is 0 Å². The maximum absolute atomic E-state index is 13.8. The largest absolute Gasteiger partial charge is 0.488 e. The first-order valence-corrected chi connectivity index (χ1v) is 14.0. The number of carboxylic acids is 1. The third-order valence-electron chi connectivity index (χ3n) is 7.35. The predicted octanol–water partition coefficient (Wildman–Crippen LogP) is 5.65. The Morgan fingerprint density at radius 1 is 0.881 bits per heavy atom. The summed E-state index contributed by atoms with van der Waals surface area (Å²) in [4.78, 5) is 30.4. The lowest BCUT2D eigenvalue weighted by Gasteiger charge is -2.29. The molecule has 0 spiro atoms. The molecule has 5 rings (SSSR count). The number of carbonyl (C=O) groups is 2. The molecule has 1 saturated heterocycles. The molecule has 0 aromatic heterocycles. The minimum absolute atomic E-state index is 0.00793. The highest BCUT2D eigenvalue weighted by molar-refractivity contribution is 6.10. The number of amides is 1. The quantitative estimate of drug-likeness (QED) is 0.243. The van der Waals surface area contributed by atoms with Gasteiger partial charge in [-0.15, -0.1) is 0 Å². The molecule has 0 unspecified atom stereocenters. The number of benzene rings is 4. The second-order valence-corrected chi connectivity index (χ2v) is 10.2. The van der Waals surface area contributed by atoms with Crippen molar-refractivity contribution in [1.82, 2.24) is 4.90 Å². The van der Waals surface area contributed by atoms with Crippen molar-refractivity contribution in [2.75, 3.05) is 56.7 Å². The third-order valence-corrected chi connectivity index (χ3v) is 7.35. The minimum atomic E-state index is -1.12. The maximum Gasteiger partial charge on any atom is 0.337 e. The normalized spacial score (nSPS) is 13.4. The summed E-state index contributed by atoms with van der Waals surface area (Å²) in [5.41, 5.74) is 4.09. The fourth-order valence-electron chi connectivity index (χ4n) is 4.87. The van der Waals surface area contributed by atoms with Crippen LogP contribution in [0.25, 0.3) is 11.1 Å². The van der Waals surface area contributed by atoms with E-state index < -0.39 is 11.9 Å². The van der Waals surface area contributed by atoms with Gasteiger partial charge < -0.3 is 24.8 Å². The van der Waals surface area contributed by atoms with Crippen molar-refractivity contribution in [1.29, 1.82) is 0 Å². The highest BCUT2D eigenvalue weighted by atomic mass is 16.5. The van der Waals surface area contributed by atoms with Gasteiger partial charge in [-0.3, -0.25) is 9.69 Å². The van der Waals surface area contributed by atoms with Gasteiger partial charge in [-0.1, -0.05) is 66.7 Å². The highest BCUT2D eigenvalue weighted by Crippen LogP contribution is 2.30. The summed E-state index contributed by atoms with van der Waals surface area (Å²) in [5, 5.41) is 12.7. The Bertz CT molecular complexity index is 1500. The van der Waals surface area contributed by atoms with E-state index in [-0.39, 0.29) is 17.9 Å². The number of likely N-dealkylation sites (N-methyl/N-ethyl adjacent to an activating group) is 1. The summed E-state index contributed by atoms with van der Waals surface area (Å²) >= 11 is 0. The van der Waals surface area contributed by atoms with Crippen molar-refractivity contribution >= 4 is 23.3 Å². The van der Waals surface area contributed by atoms with Crippen LogP contribution in [0.4, 0.5) is 11.4 Å². The molecule has 0 radical (unpaired) electrons. The number of nitrogens with zero attached hydrogens (tertiary/aromatic N) is 2. The molecule has 1 fully saturated rings. The summed E-state index contributed by atoms with van der Waals surface area (Å²) in [7, 11) is 1.99. The summed E-state index contributed by atoms with van der Waals surface area (Å²) < 4.78 is 11.6. The number of ether oxygens (including phenoxy) is 2. The molecule has 1 aliphatic heterocycles. The van der Waals surface area contributed by atoms with E-state index in [2.05, 4.69) is 15.1 Å².